The Kier molecular flexibility index (Phi) is 3.62. The third-order valence-corrected chi connectivity index (χ3v) is 3.29. The quantitative estimate of drug-likeness (QED) is 0.756. The zero-order valence-electron chi connectivity index (χ0n) is 9.80. The first-order chi connectivity index (χ1) is 8.58. The van der Waals surface area contributed by atoms with Crippen molar-refractivity contribution in [3.63, 3.8) is 0 Å². The van der Waals surface area contributed by atoms with E-state index in [1.54, 1.807) is 12.1 Å². The minimum absolute atomic E-state index is 0.0841. The molecule has 5 nitrogen and oxygen atoms in total. The summed E-state index contributed by atoms with van der Waals surface area (Å²) in [4.78, 5) is 21.9. The first kappa shape index (κ1) is 12.6. The molecule has 1 aliphatic rings. The summed E-state index contributed by atoms with van der Waals surface area (Å²) in [5, 5.41) is 21.2. The van der Waals surface area contributed by atoms with E-state index in [2.05, 4.69) is 5.32 Å². The van der Waals surface area contributed by atoms with Crippen molar-refractivity contribution < 1.29 is 19.8 Å². The second kappa shape index (κ2) is 5.18. The predicted molar refractivity (Wildman–Crippen MR) is 64.5 cm³/mol. The fourth-order valence-electron chi connectivity index (χ4n) is 2.28. The van der Waals surface area contributed by atoms with Gasteiger partial charge in [0, 0.05) is 6.04 Å². The molecule has 1 aromatic rings. The van der Waals surface area contributed by atoms with Crippen LogP contribution in [0.5, 0.6) is 0 Å². The van der Waals surface area contributed by atoms with E-state index in [4.69, 9.17) is 10.2 Å². The topological polar surface area (TPSA) is 86.6 Å². The number of carboxylic acid groups (broad SMARTS) is 2. The van der Waals surface area contributed by atoms with Crippen LogP contribution in [-0.4, -0.2) is 28.7 Å². The average Bonchev–Trinajstić information content (AvgIpc) is 2.39. The Balaban J connectivity index is 2.18. The van der Waals surface area contributed by atoms with Crippen LogP contribution < -0.4 is 5.32 Å². The molecule has 1 aromatic carbocycles. The Morgan fingerprint density at radius 3 is 2.72 bits per heavy atom. The van der Waals surface area contributed by atoms with Gasteiger partial charge in [-0.05, 0) is 37.1 Å². The Labute approximate surface area is 104 Å². The van der Waals surface area contributed by atoms with Crippen LogP contribution in [-0.2, 0) is 4.79 Å². The lowest BCUT2D eigenvalue weighted by Gasteiger charge is -2.28. The van der Waals surface area contributed by atoms with Gasteiger partial charge >= 0.3 is 11.9 Å². The normalized spacial score (nSPS) is 23.6. The molecule has 5 heteroatoms. The van der Waals surface area contributed by atoms with E-state index in [1.807, 2.05) is 6.07 Å². The van der Waals surface area contributed by atoms with Gasteiger partial charge in [-0.1, -0.05) is 12.1 Å². The third kappa shape index (κ3) is 2.68. The second-order valence-corrected chi connectivity index (χ2v) is 4.50. The Morgan fingerprint density at radius 2 is 2.06 bits per heavy atom. The first-order valence-electron chi connectivity index (χ1n) is 5.87. The minimum atomic E-state index is -0.970. The zero-order valence-corrected chi connectivity index (χ0v) is 9.80. The van der Waals surface area contributed by atoms with E-state index in [0.717, 1.165) is 5.56 Å². The monoisotopic (exact) mass is 249 g/mol. The number of aliphatic carboxylic acids is 1. The maximum Gasteiger partial charge on any atom is 0.335 e. The molecule has 96 valence electrons. The number of benzene rings is 1. The minimum Gasteiger partial charge on any atom is -0.481 e. The molecule has 0 aromatic heterocycles. The molecule has 0 amide bonds. The summed E-state index contributed by atoms with van der Waals surface area (Å²) in [5.74, 6) is -2.11. The summed E-state index contributed by atoms with van der Waals surface area (Å²) in [7, 11) is 0. The number of piperidine rings is 1. The van der Waals surface area contributed by atoms with Gasteiger partial charge in [-0.25, -0.2) is 4.79 Å². The number of carboxylic acids is 2. The van der Waals surface area contributed by atoms with Crippen molar-refractivity contribution in [2.45, 2.75) is 18.9 Å². The highest BCUT2D eigenvalue weighted by Gasteiger charge is 2.27. The molecule has 1 fully saturated rings. The SMILES string of the molecule is O=C(O)c1cccc(C2CC(C(=O)O)CCN2)c1. The van der Waals surface area contributed by atoms with Gasteiger partial charge in [-0.3, -0.25) is 4.79 Å². The highest BCUT2D eigenvalue weighted by Crippen LogP contribution is 2.27. The molecule has 0 saturated carbocycles. The van der Waals surface area contributed by atoms with E-state index in [1.165, 1.54) is 6.07 Å². The van der Waals surface area contributed by atoms with Crippen molar-refractivity contribution in [3.8, 4) is 0 Å². The highest BCUT2D eigenvalue weighted by molar-refractivity contribution is 5.87. The zero-order chi connectivity index (χ0) is 13.1. The lowest BCUT2D eigenvalue weighted by Crippen LogP contribution is -2.34. The Hall–Kier alpha value is -1.88. The molecule has 1 heterocycles. The lowest BCUT2D eigenvalue weighted by atomic mass is 9.88. The van der Waals surface area contributed by atoms with Crippen molar-refractivity contribution in [2.24, 2.45) is 5.92 Å². The van der Waals surface area contributed by atoms with Crippen LogP contribution >= 0.6 is 0 Å². The fraction of sp³-hybridized carbons (Fsp3) is 0.385. The summed E-state index contributed by atoms with van der Waals surface area (Å²) < 4.78 is 0. The number of carbonyl (C=O) groups is 2. The first-order valence-corrected chi connectivity index (χ1v) is 5.87. The van der Waals surface area contributed by atoms with Crippen molar-refractivity contribution in [1.29, 1.82) is 0 Å². The van der Waals surface area contributed by atoms with Crippen molar-refractivity contribution in [1.82, 2.24) is 5.32 Å². The van der Waals surface area contributed by atoms with Gasteiger partial charge in [-0.15, -0.1) is 0 Å². The van der Waals surface area contributed by atoms with E-state index < -0.39 is 11.9 Å². The molecule has 2 unspecified atom stereocenters. The van der Waals surface area contributed by atoms with Crippen LogP contribution in [0.25, 0.3) is 0 Å². The van der Waals surface area contributed by atoms with E-state index in [-0.39, 0.29) is 17.5 Å². The van der Waals surface area contributed by atoms with Crippen LogP contribution in [0.4, 0.5) is 0 Å². The summed E-state index contributed by atoms with van der Waals surface area (Å²) in [6, 6.07) is 6.56. The van der Waals surface area contributed by atoms with Gasteiger partial charge in [0.15, 0.2) is 0 Å². The molecule has 0 spiro atoms. The van der Waals surface area contributed by atoms with E-state index in [0.29, 0.717) is 19.4 Å². The smallest absolute Gasteiger partial charge is 0.335 e. The maximum absolute atomic E-state index is 11.0. The van der Waals surface area contributed by atoms with Crippen molar-refractivity contribution >= 4 is 11.9 Å². The van der Waals surface area contributed by atoms with Gasteiger partial charge in [0.2, 0.25) is 0 Å². The molecule has 18 heavy (non-hydrogen) atoms. The van der Waals surface area contributed by atoms with Gasteiger partial charge < -0.3 is 15.5 Å². The number of aromatic carboxylic acids is 1. The van der Waals surface area contributed by atoms with E-state index >= 15 is 0 Å². The Morgan fingerprint density at radius 1 is 1.28 bits per heavy atom. The summed E-state index contributed by atoms with van der Waals surface area (Å²) in [6.45, 7) is 0.638. The van der Waals surface area contributed by atoms with Crippen molar-refractivity contribution in [2.75, 3.05) is 6.54 Å². The number of nitrogens with one attached hydrogen (secondary N) is 1. The molecule has 1 saturated heterocycles. The molecule has 3 N–H and O–H groups in total. The maximum atomic E-state index is 11.0. The molecular weight excluding hydrogens is 234 g/mol. The standard InChI is InChI=1S/C13H15NO4/c15-12(16)9-3-1-2-8(6-9)11-7-10(13(17)18)4-5-14-11/h1-3,6,10-11,14H,4-5,7H2,(H,15,16)(H,17,18). The van der Waals surface area contributed by atoms with Gasteiger partial charge in [0.25, 0.3) is 0 Å². The molecular formula is C13H15NO4. The van der Waals surface area contributed by atoms with Crippen LogP contribution in [0, 0.1) is 5.92 Å². The van der Waals surface area contributed by atoms with Crippen LogP contribution in [0.1, 0.15) is 34.8 Å². The highest BCUT2D eigenvalue weighted by atomic mass is 16.4. The molecule has 2 atom stereocenters. The summed E-state index contributed by atoms with van der Waals surface area (Å²) >= 11 is 0. The number of rotatable bonds is 3. The molecule has 0 radical (unpaired) electrons. The lowest BCUT2D eigenvalue weighted by molar-refractivity contribution is -0.143. The molecule has 0 bridgehead atoms. The largest absolute Gasteiger partial charge is 0.481 e. The predicted octanol–water partition coefficient (Wildman–Crippen LogP) is 1.51. The van der Waals surface area contributed by atoms with E-state index in [9.17, 15) is 9.59 Å². The molecule has 0 aliphatic carbocycles. The van der Waals surface area contributed by atoms with Gasteiger partial charge in [0.05, 0.1) is 11.5 Å². The van der Waals surface area contributed by atoms with Gasteiger partial charge in [-0.2, -0.15) is 0 Å². The molecule has 2 rings (SSSR count). The van der Waals surface area contributed by atoms with Crippen LogP contribution in [0.3, 0.4) is 0 Å². The summed E-state index contributed by atoms with van der Waals surface area (Å²) in [6.07, 6.45) is 1.11. The van der Waals surface area contributed by atoms with Gasteiger partial charge in [0.1, 0.15) is 0 Å². The molecule has 1 aliphatic heterocycles. The van der Waals surface area contributed by atoms with Crippen molar-refractivity contribution in [3.05, 3.63) is 35.4 Å². The second-order valence-electron chi connectivity index (χ2n) is 4.50. The number of hydrogen-bond donors (Lipinski definition) is 3. The average molecular weight is 249 g/mol. The third-order valence-electron chi connectivity index (χ3n) is 3.29. The number of hydrogen-bond acceptors (Lipinski definition) is 3. The van der Waals surface area contributed by atoms with Crippen LogP contribution in [0.2, 0.25) is 0 Å². The summed E-state index contributed by atoms with van der Waals surface area (Å²) in [5.41, 5.74) is 1.06. The van der Waals surface area contributed by atoms with Crippen LogP contribution in [0.15, 0.2) is 24.3 Å². The Bertz CT molecular complexity index is 472. The fourth-order valence-corrected chi connectivity index (χ4v) is 2.28.